The average molecular weight is 625 g/mol. The number of anilines is 2. The molecule has 1 N–H and O–H groups in total. The molecule has 0 bridgehead atoms. The molecule has 0 aliphatic carbocycles. The van der Waals surface area contributed by atoms with Crippen molar-refractivity contribution in [1.29, 1.82) is 0 Å². The summed E-state index contributed by atoms with van der Waals surface area (Å²) in [5.74, 6) is -3.05. The third kappa shape index (κ3) is 4.64. The van der Waals surface area contributed by atoms with Crippen molar-refractivity contribution in [3.8, 4) is 0 Å². The Balaban J connectivity index is 1.42. The minimum atomic E-state index is -0.818. The third-order valence-corrected chi connectivity index (χ3v) is 9.85. The Morgan fingerprint density at radius 3 is 2.31 bits per heavy atom. The second-order valence-electron chi connectivity index (χ2n) is 9.12. The molecule has 3 amide bonds. The fourth-order valence-electron chi connectivity index (χ4n) is 4.99. The minimum Gasteiger partial charge on any atom is -0.325 e. The first-order valence-corrected chi connectivity index (χ1v) is 14.4. The number of aromatic nitrogens is 1. The molecule has 2 aliphatic heterocycles. The Labute approximate surface area is 238 Å². The number of carbonyl (C=O) groups excluding carboxylic acids is 3. The summed E-state index contributed by atoms with van der Waals surface area (Å²) in [6, 6.07) is 21.5. The fourth-order valence-corrected chi connectivity index (χ4v) is 8.03. The topological polar surface area (TPSA) is 88.5 Å². The number of fused-ring (bicyclic) bond motifs is 2. The highest BCUT2D eigenvalue weighted by molar-refractivity contribution is 9.10. The summed E-state index contributed by atoms with van der Waals surface area (Å²) in [7, 11) is 0. The predicted molar refractivity (Wildman–Crippen MR) is 152 cm³/mol. The maximum Gasteiger partial charge on any atom is 0.308 e. The quantitative estimate of drug-likeness (QED) is 0.307. The molecular formula is C28H19BrFN3O4S2. The average Bonchev–Trinajstić information content (AvgIpc) is 3.36. The minimum absolute atomic E-state index is 0.251. The van der Waals surface area contributed by atoms with Crippen molar-refractivity contribution in [2.75, 3.05) is 10.2 Å². The summed E-state index contributed by atoms with van der Waals surface area (Å²) in [4.78, 5) is 55.0. The molecule has 3 heterocycles. The van der Waals surface area contributed by atoms with Crippen LogP contribution in [0.2, 0.25) is 0 Å². The number of amides is 3. The van der Waals surface area contributed by atoms with E-state index >= 15 is 0 Å². The maximum absolute atomic E-state index is 13.8. The molecule has 4 aromatic rings. The molecule has 1 fully saturated rings. The summed E-state index contributed by atoms with van der Waals surface area (Å²) < 4.78 is 16.0. The van der Waals surface area contributed by atoms with E-state index in [1.165, 1.54) is 21.6 Å². The van der Waals surface area contributed by atoms with Crippen LogP contribution in [0.25, 0.3) is 0 Å². The number of nitrogens with one attached hydrogen (secondary N) is 1. The monoisotopic (exact) mass is 623 g/mol. The molecule has 3 unspecified atom stereocenters. The zero-order chi connectivity index (χ0) is 27.3. The van der Waals surface area contributed by atoms with Gasteiger partial charge in [-0.15, -0.1) is 0 Å². The van der Waals surface area contributed by atoms with Crippen molar-refractivity contribution in [2.24, 2.45) is 5.92 Å². The van der Waals surface area contributed by atoms with E-state index in [9.17, 15) is 23.6 Å². The van der Waals surface area contributed by atoms with Gasteiger partial charge < -0.3 is 5.32 Å². The SMILES string of the molecule is O=C(Cn1c2c(sc1=O)C(c1ccc(F)cc1)C1C(=O)N(c3ccc(Br)cc3)C(=O)C1S2)Nc1ccccc1. The van der Waals surface area contributed by atoms with E-state index < -0.39 is 34.7 Å². The molecular weight excluding hydrogens is 605 g/mol. The van der Waals surface area contributed by atoms with Gasteiger partial charge in [-0.05, 0) is 54.1 Å². The number of hydrogen-bond acceptors (Lipinski definition) is 6. The zero-order valence-corrected chi connectivity index (χ0v) is 23.3. The molecule has 0 radical (unpaired) electrons. The second kappa shape index (κ2) is 10.2. The highest BCUT2D eigenvalue weighted by Crippen LogP contribution is 2.53. The molecule has 7 nitrogen and oxygen atoms in total. The van der Waals surface area contributed by atoms with E-state index in [1.54, 1.807) is 60.7 Å². The van der Waals surface area contributed by atoms with Crippen LogP contribution in [0.1, 0.15) is 16.4 Å². The molecule has 2 aliphatic rings. The molecule has 3 atom stereocenters. The smallest absolute Gasteiger partial charge is 0.308 e. The molecule has 3 aromatic carbocycles. The number of nitrogens with zero attached hydrogens (tertiary/aromatic N) is 2. The van der Waals surface area contributed by atoms with Crippen LogP contribution >= 0.6 is 39.0 Å². The largest absolute Gasteiger partial charge is 0.325 e. The lowest BCUT2D eigenvalue weighted by molar-refractivity contribution is -0.122. The van der Waals surface area contributed by atoms with Crippen LogP contribution < -0.4 is 15.1 Å². The molecule has 0 saturated carbocycles. The van der Waals surface area contributed by atoms with Gasteiger partial charge in [-0.3, -0.25) is 23.7 Å². The van der Waals surface area contributed by atoms with Gasteiger partial charge in [-0.1, -0.05) is 69.4 Å². The lowest BCUT2D eigenvalue weighted by Crippen LogP contribution is -2.33. The van der Waals surface area contributed by atoms with Crippen molar-refractivity contribution in [3.05, 3.63) is 109 Å². The molecule has 39 heavy (non-hydrogen) atoms. The Hall–Kier alpha value is -3.54. The van der Waals surface area contributed by atoms with Gasteiger partial charge in [-0.25, -0.2) is 9.29 Å². The van der Waals surface area contributed by atoms with Gasteiger partial charge in [0.1, 0.15) is 17.6 Å². The number of para-hydroxylation sites is 1. The first-order valence-electron chi connectivity index (χ1n) is 12.0. The number of rotatable bonds is 5. The summed E-state index contributed by atoms with van der Waals surface area (Å²) in [5, 5.41) is 2.44. The number of thiazole rings is 1. The van der Waals surface area contributed by atoms with Crippen molar-refractivity contribution in [3.63, 3.8) is 0 Å². The summed E-state index contributed by atoms with van der Waals surface area (Å²) >= 11 is 5.46. The highest BCUT2D eigenvalue weighted by atomic mass is 79.9. The van der Waals surface area contributed by atoms with E-state index in [0.29, 0.717) is 26.8 Å². The number of carbonyl (C=O) groups is 3. The lowest BCUT2D eigenvalue weighted by Gasteiger charge is -2.30. The molecule has 1 saturated heterocycles. The van der Waals surface area contributed by atoms with E-state index in [0.717, 1.165) is 27.6 Å². The fraction of sp³-hybridized carbons (Fsp3) is 0.143. The third-order valence-electron chi connectivity index (χ3n) is 6.72. The summed E-state index contributed by atoms with van der Waals surface area (Å²) in [6.45, 7) is -0.251. The first kappa shape index (κ1) is 25.7. The zero-order valence-electron chi connectivity index (χ0n) is 20.0. The predicted octanol–water partition coefficient (Wildman–Crippen LogP) is 5.25. The van der Waals surface area contributed by atoms with Crippen molar-refractivity contribution in [1.82, 2.24) is 4.57 Å². The van der Waals surface area contributed by atoms with E-state index in [4.69, 9.17) is 0 Å². The Morgan fingerprint density at radius 1 is 0.923 bits per heavy atom. The van der Waals surface area contributed by atoms with Crippen LogP contribution in [-0.2, 0) is 20.9 Å². The van der Waals surface area contributed by atoms with Crippen LogP contribution in [-0.4, -0.2) is 27.5 Å². The molecule has 1 aromatic heterocycles. The van der Waals surface area contributed by atoms with Crippen LogP contribution in [0.4, 0.5) is 15.8 Å². The van der Waals surface area contributed by atoms with Crippen LogP contribution in [0.3, 0.4) is 0 Å². The van der Waals surface area contributed by atoms with Crippen LogP contribution in [0.15, 0.2) is 93.2 Å². The Morgan fingerprint density at radius 2 is 1.62 bits per heavy atom. The number of imide groups is 1. The number of hydrogen-bond donors (Lipinski definition) is 1. The normalized spacial score (nSPS) is 20.1. The number of benzene rings is 3. The molecule has 6 rings (SSSR count). The standard InChI is InChI=1S/C28H19BrFN3O4S2/c29-16-8-12-19(13-9-16)33-25(35)22-21(15-6-10-17(30)11-7-15)24-27(38-23(22)26(33)36)32(28(37)39-24)14-20(34)31-18-4-2-1-3-5-18/h1-13,21-23H,14H2,(H,31,34). The highest BCUT2D eigenvalue weighted by Gasteiger charge is 2.56. The van der Waals surface area contributed by atoms with Gasteiger partial charge in [0, 0.05) is 21.0 Å². The van der Waals surface area contributed by atoms with Gasteiger partial charge in [0.15, 0.2) is 0 Å². The Bertz CT molecular complexity index is 1660. The molecule has 11 heteroatoms. The van der Waals surface area contributed by atoms with Gasteiger partial charge in [0.05, 0.1) is 16.6 Å². The molecule has 196 valence electrons. The lowest BCUT2D eigenvalue weighted by atomic mass is 9.83. The van der Waals surface area contributed by atoms with Gasteiger partial charge >= 0.3 is 4.87 Å². The summed E-state index contributed by atoms with van der Waals surface area (Å²) in [5.41, 5.74) is 1.66. The van der Waals surface area contributed by atoms with Crippen LogP contribution in [0, 0.1) is 11.7 Å². The van der Waals surface area contributed by atoms with Crippen LogP contribution in [0.5, 0.6) is 0 Å². The molecule has 0 spiro atoms. The number of halogens is 2. The van der Waals surface area contributed by atoms with Crippen molar-refractivity contribution < 1.29 is 18.8 Å². The summed E-state index contributed by atoms with van der Waals surface area (Å²) in [6.07, 6.45) is 0. The van der Waals surface area contributed by atoms with E-state index in [2.05, 4.69) is 21.2 Å². The van der Waals surface area contributed by atoms with Crippen molar-refractivity contribution in [2.45, 2.75) is 22.7 Å². The second-order valence-corrected chi connectivity index (χ2v) is 12.2. The van der Waals surface area contributed by atoms with E-state index in [-0.39, 0.29) is 17.3 Å². The van der Waals surface area contributed by atoms with E-state index in [1.807, 2.05) is 6.07 Å². The van der Waals surface area contributed by atoms with Gasteiger partial charge in [-0.2, -0.15) is 0 Å². The Kier molecular flexibility index (Phi) is 6.74. The maximum atomic E-state index is 13.8. The van der Waals surface area contributed by atoms with Gasteiger partial charge in [0.25, 0.3) is 0 Å². The first-order chi connectivity index (χ1) is 18.8. The van der Waals surface area contributed by atoms with Crippen molar-refractivity contribution >= 4 is 68.1 Å². The van der Waals surface area contributed by atoms with Gasteiger partial charge in [0.2, 0.25) is 17.7 Å². The number of thioether (sulfide) groups is 1.